The number of hydrogen-bond donors (Lipinski definition) is 1. The molecule has 2 rings (SSSR count). The third-order valence-corrected chi connectivity index (χ3v) is 4.59. The van der Waals surface area contributed by atoms with Crippen LogP contribution in [-0.2, 0) is 18.5 Å². The summed E-state index contributed by atoms with van der Waals surface area (Å²) in [5.41, 5.74) is 8.34. The van der Waals surface area contributed by atoms with E-state index in [-0.39, 0.29) is 5.41 Å². The number of thiazole rings is 1. The highest BCUT2D eigenvalue weighted by Gasteiger charge is 2.18. The predicted molar refractivity (Wildman–Crippen MR) is 90.4 cm³/mol. The molecule has 0 aliphatic heterocycles. The van der Waals surface area contributed by atoms with Crippen molar-refractivity contribution in [3.8, 4) is 0 Å². The van der Waals surface area contributed by atoms with E-state index in [0.717, 1.165) is 25.3 Å². The molecule has 0 amide bonds. The first-order chi connectivity index (χ1) is 9.99. The van der Waals surface area contributed by atoms with Crippen LogP contribution in [0.1, 0.15) is 37.0 Å². The van der Waals surface area contributed by atoms with Gasteiger partial charge in [-0.25, -0.2) is 4.98 Å². The molecule has 4 heteroatoms. The molecule has 2 aromatic rings. The molecule has 21 heavy (non-hydrogen) atoms. The topological polar surface area (TPSA) is 42.2 Å². The third-order valence-electron chi connectivity index (χ3n) is 3.27. The van der Waals surface area contributed by atoms with Gasteiger partial charge in [-0.15, -0.1) is 11.3 Å². The summed E-state index contributed by atoms with van der Waals surface area (Å²) in [6.45, 7) is 9.95. The highest BCUT2D eigenvalue weighted by molar-refractivity contribution is 7.09. The predicted octanol–water partition coefficient (Wildman–Crippen LogP) is 3.40. The van der Waals surface area contributed by atoms with Crippen LogP contribution in [-0.4, -0.2) is 23.0 Å². The lowest BCUT2D eigenvalue weighted by Gasteiger charge is -2.21. The Morgan fingerprint density at radius 2 is 1.86 bits per heavy atom. The lowest BCUT2D eigenvalue weighted by atomic mass is 9.98. The van der Waals surface area contributed by atoms with E-state index in [2.05, 4.69) is 55.3 Å². The number of rotatable bonds is 6. The highest BCUT2D eigenvalue weighted by Crippen LogP contribution is 2.26. The van der Waals surface area contributed by atoms with Gasteiger partial charge in [0.2, 0.25) is 0 Å². The molecule has 0 fully saturated rings. The summed E-state index contributed by atoms with van der Waals surface area (Å²) in [5, 5.41) is 3.37. The maximum absolute atomic E-state index is 5.75. The minimum Gasteiger partial charge on any atom is -0.329 e. The van der Waals surface area contributed by atoms with Crippen LogP contribution in [0.2, 0.25) is 0 Å². The molecule has 0 unspecified atom stereocenters. The Balaban J connectivity index is 2.04. The van der Waals surface area contributed by atoms with Crippen molar-refractivity contribution < 1.29 is 0 Å². The van der Waals surface area contributed by atoms with Crippen molar-refractivity contribution in [3.05, 3.63) is 52.0 Å². The van der Waals surface area contributed by atoms with Gasteiger partial charge in [-0.1, -0.05) is 51.1 Å². The SMILES string of the molecule is CC(C)(C)c1nc(CN(CCN)Cc2ccccc2)cs1. The summed E-state index contributed by atoms with van der Waals surface area (Å²) >= 11 is 1.75. The molecule has 0 radical (unpaired) electrons. The van der Waals surface area contributed by atoms with E-state index in [0.29, 0.717) is 6.54 Å². The van der Waals surface area contributed by atoms with Crippen molar-refractivity contribution in [2.45, 2.75) is 39.3 Å². The van der Waals surface area contributed by atoms with Crippen molar-refractivity contribution >= 4 is 11.3 Å². The van der Waals surface area contributed by atoms with Crippen molar-refractivity contribution in [1.82, 2.24) is 9.88 Å². The van der Waals surface area contributed by atoms with Crippen LogP contribution in [0, 0.1) is 0 Å². The van der Waals surface area contributed by atoms with E-state index >= 15 is 0 Å². The van der Waals surface area contributed by atoms with E-state index < -0.39 is 0 Å². The third kappa shape index (κ3) is 4.92. The Bertz CT molecular complexity index is 543. The zero-order valence-electron chi connectivity index (χ0n) is 13.2. The fraction of sp³-hybridized carbons (Fsp3) is 0.471. The second-order valence-corrected chi connectivity index (χ2v) is 7.24. The molecular weight excluding hydrogens is 278 g/mol. The first-order valence-corrected chi connectivity index (χ1v) is 8.28. The van der Waals surface area contributed by atoms with Crippen LogP contribution >= 0.6 is 11.3 Å². The molecule has 0 atom stereocenters. The van der Waals surface area contributed by atoms with Gasteiger partial charge in [0.15, 0.2) is 0 Å². The Labute approximate surface area is 131 Å². The van der Waals surface area contributed by atoms with Gasteiger partial charge in [-0.2, -0.15) is 0 Å². The smallest absolute Gasteiger partial charge is 0.0982 e. The van der Waals surface area contributed by atoms with Crippen molar-refractivity contribution in [1.29, 1.82) is 0 Å². The van der Waals surface area contributed by atoms with E-state index in [1.54, 1.807) is 11.3 Å². The van der Waals surface area contributed by atoms with Gasteiger partial charge in [0.05, 0.1) is 10.7 Å². The largest absolute Gasteiger partial charge is 0.329 e. The van der Waals surface area contributed by atoms with Gasteiger partial charge >= 0.3 is 0 Å². The lowest BCUT2D eigenvalue weighted by Crippen LogP contribution is -2.29. The lowest BCUT2D eigenvalue weighted by molar-refractivity contribution is 0.261. The summed E-state index contributed by atoms with van der Waals surface area (Å²) in [5.74, 6) is 0. The molecule has 1 heterocycles. The van der Waals surface area contributed by atoms with Gasteiger partial charge in [0, 0.05) is 37.0 Å². The summed E-state index contributed by atoms with van der Waals surface area (Å²) < 4.78 is 0. The Hall–Kier alpha value is -1.23. The molecule has 0 bridgehead atoms. The monoisotopic (exact) mass is 303 g/mol. The maximum Gasteiger partial charge on any atom is 0.0982 e. The number of nitrogens with two attached hydrogens (primary N) is 1. The average molecular weight is 303 g/mol. The summed E-state index contributed by atoms with van der Waals surface area (Å²) in [6.07, 6.45) is 0. The minimum atomic E-state index is 0.126. The van der Waals surface area contributed by atoms with Gasteiger partial charge in [0.25, 0.3) is 0 Å². The van der Waals surface area contributed by atoms with Gasteiger partial charge in [-0.3, -0.25) is 4.90 Å². The van der Waals surface area contributed by atoms with Crippen molar-refractivity contribution in [2.24, 2.45) is 5.73 Å². The average Bonchev–Trinajstić information content (AvgIpc) is 2.89. The molecule has 0 saturated heterocycles. The first kappa shape index (κ1) is 16.1. The molecule has 0 aliphatic rings. The van der Waals surface area contributed by atoms with Gasteiger partial charge in [-0.05, 0) is 5.56 Å². The number of benzene rings is 1. The fourth-order valence-electron chi connectivity index (χ4n) is 2.19. The van der Waals surface area contributed by atoms with E-state index in [1.807, 2.05) is 6.07 Å². The molecule has 0 saturated carbocycles. The van der Waals surface area contributed by atoms with Gasteiger partial charge in [0.1, 0.15) is 0 Å². The molecule has 114 valence electrons. The van der Waals surface area contributed by atoms with Crippen molar-refractivity contribution in [3.63, 3.8) is 0 Å². The Kier molecular flexibility index (Phi) is 5.51. The summed E-state index contributed by atoms with van der Waals surface area (Å²) in [4.78, 5) is 7.14. The normalized spacial score (nSPS) is 12.0. The van der Waals surface area contributed by atoms with Crippen LogP contribution in [0.3, 0.4) is 0 Å². The molecule has 0 aliphatic carbocycles. The number of aromatic nitrogens is 1. The summed E-state index contributed by atoms with van der Waals surface area (Å²) in [7, 11) is 0. The maximum atomic E-state index is 5.75. The standard InChI is InChI=1S/C17H25N3S/c1-17(2,3)16-19-15(13-21-16)12-20(10-9-18)11-14-7-5-4-6-8-14/h4-8,13H,9-12,18H2,1-3H3. The zero-order chi connectivity index (χ0) is 15.3. The number of nitrogens with zero attached hydrogens (tertiary/aromatic N) is 2. The van der Waals surface area contributed by atoms with Crippen LogP contribution in [0.5, 0.6) is 0 Å². The second-order valence-electron chi connectivity index (χ2n) is 6.38. The van der Waals surface area contributed by atoms with E-state index in [9.17, 15) is 0 Å². The molecule has 2 N–H and O–H groups in total. The molecule has 1 aromatic heterocycles. The quantitative estimate of drug-likeness (QED) is 0.889. The highest BCUT2D eigenvalue weighted by atomic mass is 32.1. The second kappa shape index (κ2) is 7.16. The van der Waals surface area contributed by atoms with Crippen LogP contribution < -0.4 is 5.73 Å². The Morgan fingerprint density at radius 3 is 2.43 bits per heavy atom. The molecule has 1 aromatic carbocycles. The number of hydrogen-bond acceptors (Lipinski definition) is 4. The first-order valence-electron chi connectivity index (χ1n) is 7.40. The fourth-order valence-corrected chi connectivity index (χ4v) is 3.09. The summed E-state index contributed by atoms with van der Waals surface area (Å²) in [6, 6.07) is 10.5. The van der Waals surface area contributed by atoms with Crippen molar-refractivity contribution in [2.75, 3.05) is 13.1 Å². The minimum absolute atomic E-state index is 0.126. The van der Waals surface area contributed by atoms with Crippen LogP contribution in [0.25, 0.3) is 0 Å². The van der Waals surface area contributed by atoms with E-state index in [4.69, 9.17) is 10.7 Å². The molecule has 3 nitrogen and oxygen atoms in total. The Morgan fingerprint density at radius 1 is 1.14 bits per heavy atom. The molecular formula is C17H25N3S. The zero-order valence-corrected chi connectivity index (χ0v) is 14.0. The van der Waals surface area contributed by atoms with E-state index in [1.165, 1.54) is 10.6 Å². The van der Waals surface area contributed by atoms with Crippen LogP contribution in [0.15, 0.2) is 35.7 Å². The van der Waals surface area contributed by atoms with Crippen LogP contribution in [0.4, 0.5) is 0 Å². The molecule has 0 spiro atoms. The van der Waals surface area contributed by atoms with Gasteiger partial charge < -0.3 is 5.73 Å².